The van der Waals surface area contributed by atoms with Crippen LogP contribution in [0, 0.1) is 7.14 Å². The molecule has 0 atom stereocenters. The second kappa shape index (κ2) is 15.6. The first-order chi connectivity index (χ1) is 34.5. The average Bonchev–Trinajstić information content (AvgIpc) is 3.90. The number of para-hydroxylation sites is 2. The van der Waals surface area contributed by atoms with Gasteiger partial charge in [0.05, 0.1) is 0 Å². The molecular formula is C62H46B2I2N4. The van der Waals surface area contributed by atoms with E-state index in [2.05, 4.69) is 248 Å². The zero-order chi connectivity index (χ0) is 46.5. The summed E-state index contributed by atoms with van der Waals surface area (Å²) in [5.74, 6) is 0. The first-order valence-corrected chi connectivity index (χ1v) is 27.3. The number of hydrogen-bond acceptors (Lipinski definition) is 2. The van der Waals surface area contributed by atoms with Crippen molar-refractivity contribution in [3.8, 4) is 22.3 Å². The van der Waals surface area contributed by atoms with E-state index in [-0.39, 0.29) is 13.7 Å². The molecule has 15 rings (SSSR count). The van der Waals surface area contributed by atoms with Gasteiger partial charge in [-0.05, 0) is 218 Å². The van der Waals surface area contributed by atoms with E-state index < -0.39 is 0 Å². The van der Waals surface area contributed by atoms with Crippen molar-refractivity contribution in [3.63, 3.8) is 0 Å². The Morgan fingerprint density at radius 2 is 0.857 bits per heavy atom. The molecule has 0 amide bonds. The first kappa shape index (κ1) is 41.5. The Balaban J connectivity index is 1.10. The monoisotopic (exact) mass is 1120 g/mol. The normalized spacial score (nSPS) is 13.7. The van der Waals surface area contributed by atoms with Gasteiger partial charge in [-0.1, -0.05) is 93.4 Å². The van der Waals surface area contributed by atoms with Gasteiger partial charge < -0.3 is 18.8 Å². The molecule has 0 spiro atoms. The molecule has 11 aromatic rings. The predicted octanol–water partition coefficient (Wildman–Crippen LogP) is 14.6. The Morgan fingerprint density at radius 3 is 1.30 bits per heavy atom. The Labute approximate surface area is 436 Å². The van der Waals surface area contributed by atoms with Crippen molar-refractivity contribution in [3.05, 3.63) is 188 Å². The lowest BCUT2D eigenvalue weighted by Gasteiger charge is -2.44. The van der Waals surface area contributed by atoms with E-state index in [1.165, 1.54) is 154 Å². The maximum atomic E-state index is 2.75. The van der Waals surface area contributed by atoms with Crippen LogP contribution in [0.25, 0.3) is 65.9 Å². The van der Waals surface area contributed by atoms with Crippen LogP contribution in [-0.2, 0) is 12.8 Å². The number of aryl methyl sites for hydroxylation is 2. The minimum Gasteiger partial charge on any atom is -0.375 e. The SMILES string of the molecule is CCCCc1cc2c3c(c1)c1cc(I)ccc1n3B1c3cc4c(cc3N(c3ccccc3)c3cccc-2c31)N(c1ccccc1)c1cccc2c1B4n1c3ccc(I)cc3c3cc(CCCC)cc-2c31. The number of benzene rings is 9. The molecule has 0 N–H and O–H groups in total. The smallest absolute Gasteiger partial charge is 0.333 e. The number of fused-ring (bicyclic) bond motifs is 14. The summed E-state index contributed by atoms with van der Waals surface area (Å²) in [6, 6.07) is 66.1. The quantitative estimate of drug-likeness (QED) is 0.111. The van der Waals surface area contributed by atoms with E-state index in [9.17, 15) is 0 Å². The van der Waals surface area contributed by atoms with Crippen LogP contribution in [0.3, 0.4) is 0 Å². The Hall–Kier alpha value is -6.23. The Bertz CT molecular complexity index is 3790. The number of halogens is 2. The molecule has 0 radical (unpaired) electrons. The van der Waals surface area contributed by atoms with Crippen molar-refractivity contribution < 1.29 is 0 Å². The summed E-state index contributed by atoms with van der Waals surface area (Å²) in [6.45, 7) is 4.48. The molecule has 4 nitrogen and oxygen atoms in total. The summed E-state index contributed by atoms with van der Waals surface area (Å²) >= 11 is 5.03. The summed E-state index contributed by atoms with van der Waals surface area (Å²) < 4.78 is 8.02. The molecule has 2 aromatic heterocycles. The van der Waals surface area contributed by atoms with E-state index in [1.54, 1.807) is 0 Å². The largest absolute Gasteiger partial charge is 0.375 e. The van der Waals surface area contributed by atoms with Crippen molar-refractivity contribution in [2.24, 2.45) is 0 Å². The molecular weight excluding hydrogens is 1080 g/mol. The van der Waals surface area contributed by atoms with Crippen molar-refractivity contribution in [2.75, 3.05) is 9.80 Å². The molecule has 4 aliphatic rings. The van der Waals surface area contributed by atoms with Crippen LogP contribution in [0.5, 0.6) is 0 Å². The molecule has 0 saturated carbocycles. The van der Waals surface area contributed by atoms with Crippen LogP contribution in [0.1, 0.15) is 50.7 Å². The van der Waals surface area contributed by atoms with Crippen LogP contribution in [0.4, 0.5) is 34.1 Å². The maximum absolute atomic E-state index is 2.75. The molecule has 9 aromatic carbocycles. The highest BCUT2D eigenvalue weighted by atomic mass is 127. The van der Waals surface area contributed by atoms with Gasteiger partial charge in [0.1, 0.15) is 0 Å². The summed E-state index contributed by atoms with van der Waals surface area (Å²) in [5.41, 5.74) is 26.2. The topological polar surface area (TPSA) is 16.3 Å². The predicted molar refractivity (Wildman–Crippen MR) is 316 cm³/mol. The molecule has 70 heavy (non-hydrogen) atoms. The van der Waals surface area contributed by atoms with Crippen LogP contribution < -0.4 is 31.7 Å². The molecule has 0 aliphatic carbocycles. The number of rotatable bonds is 8. The minimum atomic E-state index is -0.0673. The molecule has 0 unspecified atom stereocenters. The third-order valence-corrected chi connectivity index (χ3v) is 17.4. The highest BCUT2D eigenvalue weighted by molar-refractivity contribution is 14.1. The lowest BCUT2D eigenvalue weighted by atomic mass is 9.41. The van der Waals surface area contributed by atoms with Crippen LogP contribution in [0.2, 0.25) is 0 Å². The van der Waals surface area contributed by atoms with Gasteiger partial charge in [-0.25, -0.2) is 0 Å². The third kappa shape index (κ3) is 5.72. The van der Waals surface area contributed by atoms with Crippen LogP contribution >= 0.6 is 45.2 Å². The van der Waals surface area contributed by atoms with Crippen molar-refractivity contribution >= 4 is 158 Å². The summed E-state index contributed by atoms with van der Waals surface area (Å²) in [4.78, 5) is 5.16. The van der Waals surface area contributed by atoms with Gasteiger partial charge in [-0.2, -0.15) is 0 Å². The highest BCUT2D eigenvalue weighted by Gasteiger charge is 2.48. The molecule has 0 saturated heterocycles. The number of nitrogens with zero attached hydrogens (tertiary/aromatic N) is 4. The summed E-state index contributed by atoms with van der Waals surface area (Å²) in [7, 11) is 0. The fourth-order valence-corrected chi connectivity index (χ4v) is 14.2. The third-order valence-electron chi connectivity index (χ3n) is 16.0. The van der Waals surface area contributed by atoms with E-state index in [4.69, 9.17) is 0 Å². The lowest BCUT2D eigenvalue weighted by Crippen LogP contribution is -2.61. The zero-order valence-electron chi connectivity index (χ0n) is 39.1. The maximum Gasteiger partial charge on any atom is 0.333 e. The van der Waals surface area contributed by atoms with Gasteiger partial charge in [0.2, 0.25) is 0 Å². The second-order valence-electron chi connectivity index (χ2n) is 19.9. The number of aromatic nitrogens is 2. The number of hydrogen-bond donors (Lipinski definition) is 0. The molecule has 6 heterocycles. The van der Waals surface area contributed by atoms with Crippen molar-refractivity contribution in [1.82, 2.24) is 8.96 Å². The molecule has 0 fully saturated rings. The first-order valence-electron chi connectivity index (χ1n) is 25.2. The zero-order valence-corrected chi connectivity index (χ0v) is 43.4. The Morgan fingerprint density at radius 1 is 0.400 bits per heavy atom. The number of anilines is 6. The Kier molecular flexibility index (Phi) is 9.28. The van der Waals surface area contributed by atoms with Crippen molar-refractivity contribution in [2.45, 2.75) is 52.4 Å². The van der Waals surface area contributed by atoms with Gasteiger partial charge in [0.25, 0.3) is 0 Å². The molecule has 0 bridgehead atoms. The molecule has 4 aliphatic heterocycles. The minimum absolute atomic E-state index is 0.0673. The summed E-state index contributed by atoms with van der Waals surface area (Å²) in [5, 5.41) is 5.41. The van der Waals surface area contributed by atoms with Gasteiger partial charge in [0, 0.05) is 96.0 Å². The fraction of sp³-hybridized carbons (Fsp3) is 0.129. The standard InChI is InChI=1S/C62H46B2I2N4/c1-3-5-15-37-29-47-43-21-13-23-55-59(43)63(69-53-27-25-39(65)33-45(53)49(31-37)61(47)69)51-35-52-58(36-57(51)67(55)41-17-9-7-10-18-41)68(42-19-11-8-12-20-42)56-24-14-22-44-48-30-38(16-6-4-2)32-50-46-34-40(66)26-28-54(46)70(62(48)50)64(52)60(44)56/h7-14,17-36H,3-6,15-16H2,1-2H3. The van der Waals surface area contributed by atoms with Crippen molar-refractivity contribution in [1.29, 1.82) is 0 Å². The van der Waals surface area contributed by atoms with Crippen LogP contribution in [0.15, 0.2) is 170 Å². The molecule has 334 valence electrons. The van der Waals surface area contributed by atoms with Gasteiger partial charge in [-0.3, -0.25) is 0 Å². The van der Waals surface area contributed by atoms with Gasteiger partial charge >= 0.3 is 13.7 Å². The van der Waals surface area contributed by atoms with Crippen LogP contribution in [-0.4, -0.2) is 22.7 Å². The van der Waals surface area contributed by atoms with Gasteiger partial charge in [0.15, 0.2) is 0 Å². The average molecular weight is 1120 g/mol. The van der Waals surface area contributed by atoms with E-state index in [0.717, 1.165) is 24.2 Å². The molecule has 8 heteroatoms. The lowest BCUT2D eigenvalue weighted by molar-refractivity contribution is 0.796. The van der Waals surface area contributed by atoms with E-state index in [1.807, 2.05) is 0 Å². The fourth-order valence-electron chi connectivity index (χ4n) is 13.2. The summed E-state index contributed by atoms with van der Waals surface area (Å²) in [6.07, 6.45) is 6.85. The van der Waals surface area contributed by atoms with Gasteiger partial charge in [-0.15, -0.1) is 0 Å². The highest BCUT2D eigenvalue weighted by Crippen LogP contribution is 2.50. The van der Waals surface area contributed by atoms with E-state index >= 15 is 0 Å². The second-order valence-corrected chi connectivity index (χ2v) is 22.4. The number of unbranched alkanes of at least 4 members (excludes halogenated alkanes) is 2. The van der Waals surface area contributed by atoms with E-state index in [0.29, 0.717) is 0 Å².